The summed E-state index contributed by atoms with van der Waals surface area (Å²) in [7, 11) is 0. The van der Waals surface area contributed by atoms with Gasteiger partial charge in [0.25, 0.3) is 0 Å². The Hall–Kier alpha value is -0.550. The fourth-order valence-electron chi connectivity index (χ4n) is 0.439. The molecule has 0 aromatic carbocycles. The Morgan fingerprint density at radius 1 is 1.36 bits per heavy atom. The maximum absolute atomic E-state index is 8.65. The van der Waals surface area contributed by atoms with E-state index in [-0.39, 0.29) is 6.01 Å². The highest BCUT2D eigenvalue weighted by molar-refractivity contribution is 8.06. The van der Waals surface area contributed by atoms with Gasteiger partial charge in [-0.1, -0.05) is 0 Å². The minimum atomic E-state index is -3.68. The lowest BCUT2D eigenvalue weighted by Gasteiger charge is -2.05. The second kappa shape index (κ2) is 3.23. The van der Waals surface area contributed by atoms with E-state index in [0.29, 0.717) is 0 Å². The van der Waals surface area contributed by atoms with Crippen LogP contribution in [-0.2, 0) is 11.8 Å². The van der Waals surface area contributed by atoms with E-state index < -0.39 is 6.72 Å². The maximum atomic E-state index is 8.65. The number of nitrogens with zero attached hydrogens (tertiary/aromatic N) is 2. The molecular formula is C4H5N2O3PS. The summed E-state index contributed by atoms with van der Waals surface area (Å²) < 4.78 is 4.42. The topological polar surface area (TPSA) is 75.5 Å². The van der Waals surface area contributed by atoms with Gasteiger partial charge in [0.15, 0.2) is 0 Å². The Morgan fingerprint density at radius 2 is 1.91 bits per heavy atom. The van der Waals surface area contributed by atoms with Crippen LogP contribution in [0, 0.1) is 0 Å². The summed E-state index contributed by atoms with van der Waals surface area (Å²) in [6.07, 6.45) is 2.82. The number of hydrogen-bond acceptors (Lipinski definition) is 4. The van der Waals surface area contributed by atoms with Crippen LogP contribution in [0.1, 0.15) is 0 Å². The zero-order valence-corrected chi connectivity index (χ0v) is 7.00. The fraction of sp³-hybridized carbons (Fsp3) is 0. The summed E-state index contributed by atoms with van der Waals surface area (Å²) in [5, 5.41) is 0. The molecule has 11 heavy (non-hydrogen) atoms. The normalized spacial score (nSPS) is 11.1. The predicted octanol–water partition coefficient (Wildman–Crippen LogP) is 0.0645. The van der Waals surface area contributed by atoms with Gasteiger partial charge >= 0.3 is 12.7 Å². The summed E-state index contributed by atoms with van der Waals surface area (Å²) in [4.78, 5) is 24.4. The van der Waals surface area contributed by atoms with Crippen molar-refractivity contribution in [2.24, 2.45) is 0 Å². The number of rotatable bonds is 2. The van der Waals surface area contributed by atoms with Gasteiger partial charge in [0.1, 0.15) is 0 Å². The lowest BCUT2D eigenvalue weighted by atomic mass is 10.7. The standard InChI is InChI=1S/C4H5N2O3PS/c7-10(8,11)9-4-5-2-1-3-6-4/h1-3H,(H2,7,8,11). The molecule has 7 heteroatoms. The Kier molecular flexibility index (Phi) is 2.51. The van der Waals surface area contributed by atoms with Crippen molar-refractivity contribution in [1.29, 1.82) is 0 Å². The lowest BCUT2D eigenvalue weighted by molar-refractivity contribution is 0.357. The minimum absolute atomic E-state index is 0.124. The Balaban J connectivity index is 2.74. The van der Waals surface area contributed by atoms with Crippen LogP contribution in [0.25, 0.3) is 0 Å². The first kappa shape index (κ1) is 8.55. The van der Waals surface area contributed by atoms with E-state index in [1.807, 2.05) is 0 Å². The zero-order valence-electron chi connectivity index (χ0n) is 5.28. The summed E-state index contributed by atoms with van der Waals surface area (Å²) in [6, 6.07) is 1.45. The third kappa shape index (κ3) is 3.38. The minimum Gasteiger partial charge on any atom is -0.389 e. The van der Waals surface area contributed by atoms with Crippen LogP contribution in [0.2, 0.25) is 0 Å². The van der Waals surface area contributed by atoms with Crippen LogP contribution >= 0.6 is 6.72 Å². The SMILES string of the molecule is OP(O)(=S)Oc1ncccn1. The summed E-state index contributed by atoms with van der Waals surface area (Å²) >= 11 is 4.19. The summed E-state index contributed by atoms with van der Waals surface area (Å²) in [5.41, 5.74) is 0. The van der Waals surface area contributed by atoms with Gasteiger partial charge in [-0.25, -0.2) is 9.97 Å². The van der Waals surface area contributed by atoms with Gasteiger partial charge in [0.05, 0.1) is 0 Å². The molecule has 0 saturated heterocycles. The average molecular weight is 192 g/mol. The number of hydrogen-bond donors (Lipinski definition) is 2. The molecule has 1 rings (SSSR count). The molecular weight excluding hydrogens is 187 g/mol. The lowest BCUT2D eigenvalue weighted by Crippen LogP contribution is -1.93. The molecule has 5 nitrogen and oxygen atoms in total. The van der Waals surface area contributed by atoms with Crippen molar-refractivity contribution in [3.63, 3.8) is 0 Å². The van der Waals surface area contributed by atoms with Crippen LogP contribution in [0.4, 0.5) is 0 Å². The fourth-order valence-corrected chi connectivity index (χ4v) is 0.946. The van der Waals surface area contributed by atoms with Gasteiger partial charge in [0.2, 0.25) is 0 Å². The van der Waals surface area contributed by atoms with E-state index in [2.05, 4.69) is 26.3 Å². The first-order chi connectivity index (χ1) is 5.08. The molecule has 1 heterocycles. The predicted molar refractivity (Wildman–Crippen MR) is 41.4 cm³/mol. The highest BCUT2D eigenvalue weighted by Crippen LogP contribution is 2.35. The molecule has 1 aromatic rings. The smallest absolute Gasteiger partial charge is 0.377 e. The monoisotopic (exact) mass is 192 g/mol. The Labute approximate surface area is 68.0 Å². The third-order valence-electron chi connectivity index (χ3n) is 0.743. The molecule has 0 amide bonds. The maximum Gasteiger partial charge on any atom is 0.377 e. The molecule has 0 radical (unpaired) electrons. The highest BCUT2D eigenvalue weighted by atomic mass is 32.5. The molecule has 0 saturated carbocycles. The molecule has 2 N–H and O–H groups in total. The first-order valence-electron chi connectivity index (χ1n) is 2.60. The molecule has 60 valence electrons. The van der Waals surface area contributed by atoms with E-state index in [0.717, 1.165) is 0 Å². The van der Waals surface area contributed by atoms with Crippen molar-refractivity contribution in [2.75, 3.05) is 0 Å². The summed E-state index contributed by atoms with van der Waals surface area (Å²) in [6.45, 7) is -3.68. The third-order valence-corrected chi connectivity index (χ3v) is 1.37. The van der Waals surface area contributed by atoms with E-state index in [1.165, 1.54) is 12.4 Å². The van der Waals surface area contributed by atoms with Crippen LogP contribution in [0.5, 0.6) is 6.01 Å². The molecule has 0 atom stereocenters. The van der Waals surface area contributed by atoms with Crippen LogP contribution in [0.15, 0.2) is 18.5 Å². The molecule has 0 aliphatic carbocycles. The van der Waals surface area contributed by atoms with E-state index in [4.69, 9.17) is 9.79 Å². The first-order valence-corrected chi connectivity index (χ1v) is 5.23. The van der Waals surface area contributed by atoms with E-state index in [1.54, 1.807) is 6.07 Å². The van der Waals surface area contributed by atoms with Crippen molar-refractivity contribution in [3.05, 3.63) is 18.5 Å². The van der Waals surface area contributed by atoms with Crippen molar-refractivity contribution in [1.82, 2.24) is 9.97 Å². The number of aromatic nitrogens is 2. The van der Waals surface area contributed by atoms with Crippen LogP contribution < -0.4 is 4.52 Å². The zero-order chi connectivity index (χ0) is 8.32. The molecule has 0 aliphatic heterocycles. The van der Waals surface area contributed by atoms with Crippen molar-refractivity contribution < 1.29 is 14.3 Å². The van der Waals surface area contributed by atoms with Gasteiger partial charge in [-0.05, 0) is 6.07 Å². The van der Waals surface area contributed by atoms with Crippen molar-refractivity contribution in [3.8, 4) is 6.01 Å². The Morgan fingerprint density at radius 3 is 2.36 bits per heavy atom. The van der Waals surface area contributed by atoms with Gasteiger partial charge in [-0.3, -0.25) is 0 Å². The van der Waals surface area contributed by atoms with E-state index in [9.17, 15) is 0 Å². The Bertz CT molecular complexity index is 274. The van der Waals surface area contributed by atoms with E-state index >= 15 is 0 Å². The van der Waals surface area contributed by atoms with Crippen LogP contribution in [0.3, 0.4) is 0 Å². The molecule has 1 aromatic heterocycles. The van der Waals surface area contributed by atoms with Gasteiger partial charge in [-0.2, -0.15) is 0 Å². The van der Waals surface area contributed by atoms with Crippen molar-refractivity contribution >= 4 is 18.5 Å². The van der Waals surface area contributed by atoms with Crippen molar-refractivity contribution in [2.45, 2.75) is 0 Å². The largest absolute Gasteiger partial charge is 0.389 e. The highest BCUT2D eigenvalue weighted by Gasteiger charge is 2.10. The van der Waals surface area contributed by atoms with Gasteiger partial charge in [0, 0.05) is 24.2 Å². The molecule has 0 bridgehead atoms. The quantitative estimate of drug-likeness (QED) is 0.645. The molecule has 0 spiro atoms. The second-order valence-corrected chi connectivity index (χ2v) is 4.20. The van der Waals surface area contributed by atoms with Crippen LogP contribution in [-0.4, -0.2) is 19.8 Å². The molecule has 0 aliphatic rings. The average Bonchev–Trinajstić information content (AvgIpc) is 1.85. The van der Waals surface area contributed by atoms with Gasteiger partial charge in [-0.15, -0.1) is 0 Å². The molecule has 0 fully saturated rings. The second-order valence-electron chi connectivity index (χ2n) is 1.61. The van der Waals surface area contributed by atoms with Gasteiger partial charge < -0.3 is 14.3 Å². The summed E-state index contributed by atoms with van der Waals surface area (Å²) in [5.74, 6) is 0. The molecule has 0 unspecified atom stereocenters.